The predicted octanol–water partition coefficient (Wildman–Crippen LogP) is 1.78. The average molecular weight is 248 g/mol. The van der Waals surface area contributed by atoms with Crippen LogP contribution in [-0.4, -0.2) is 11.9 Å². The van der Waals surface area contributed by atoms with Gasteiger partial charge < -0.3 is 5.32 Å². The van der Waals surface area contributed by atoms with E-state index in [1.54, 1.807) is 25.1 Å². The van der Waals surface area contributed by atoms with Crippen LogP contribution in [0, 0.1) is 0 Å². The van der Waals surface area contributed by atoms with Crippen LogP contribution in [0.25, 0.3) is 0 Å². The zero-order valence-corrected chi connectivity index (χ0v) is 9.56. The zero-order valence-electron chi connectivity index (χ0n) is 8.05. The van der Waals surface area contributed by atoms with Crippen molar-refractivity contribution in [1.82, 2.24) is 5.43 Å². The van der Waals surface area contributed by atoms with Gasteiger partial charge in [-0.15, -0.1) is 0 Å². The van der Waals surface area contributed by atoms with E-state index >= 15 is 0 Å². The Balaban J connectivity index is 2.76. The lowest BCUT2D eigenvalue weighted by Crippen LogP contribution is -2.41. The Kier molecular flexibility index (Phi) is 4.20. The van der Waals surface area contributed by atoms with Crippen molar-refractivity contribution >= 4 is 34.8 Å². The van der Waals surface area contributed by atoms with Crippen LogP contribution in [0.4, 0.5) is 5.69 Å². The Morgan fingerprint density at radius 3 is 2.67 bits per heavy atom. The molecular weight excluding hydrogens is 237 g/mol. The number of amides is 1. The first-order valence-corrected chi connectivity index (χ1v) is 5.02. The normalized spacial score (nSPS) is 12.0. The highest BCUT2D eigenvalue weighted by Gasteiger charge is 2.12. The van der Waals surface area contributed by atoms with E-state index in [-0.39, 0.29) is 5.91 Å². The van der Waals surface area contributed by atoms with E-state index in [1.165, 1.54) is 0 Å². The molecule has 0 radical (unpaired) electrons. The van der Waals surface area contributed by atoms with Crippen molar-refractivity contribution in [2.75, 3.05) is 5.32 Å². The van der Waals surface area contributed by atoms with E-state index < -0.39 is 6.04 Å². The first-order chi connectivity index (χ1) is 7.04. The van der Waals surface area contributed by atoms with Gasteiger partial charge in [0.05, 0.1) is 10.7 Å². The van der Waals surface area contributed by atoms with Crippen molar-refractivity contribution in [3.05, 3.63) is 28.2 Å². The van der Waals surface area contributed by atoms with Gasteiger partial charge in [-0.25, -0.2) is 5.84 Å². The number of rotatable bonds is 3. The number of nitrogens with two attached hydrogens (primary N) is 1. The van der Waals surface area contributed by atoms with E-state index in [9.17, 15) is 4.79 Å². The molecular formula is C9H11Cl2N3O. The van der Waals surface area contributed by atoms with Crippen LogP contribution >= 0.6 is 23.2 Å². The number of carbonyl (C=O) groups excluding carboxylic acids is 1. The number of nitrogens with one attached hydrogen (secondary N) is 2. The predicted molar refractivity (Wildman–Crippen MR) is 61.9 cm³/mol. The maximum Gasteiger partial charge on any atom is 0.256 e. The lowest BCUT2D eigenvalue weighted by molar-refractivity contribution is -0.121. The molecule has 6 heteroatoms. The largest absolute Gasteiger partial charge is 0.373 e. The summed E-state index contributed by atoms with van der Waals surface area (Å²) in [5, 5.41) is 3.91. The van der Waals surface area contributed by atoms with Crippen LogP contribution in [0.15, 0.2) is 18.2 Å². The molecule has 0 fully saturated rings. The minimum absolute atomic E-state index is 0.319. The molecule has 4 nitrogen and oxygen atoms in total. The number of halogens is 2. The Labute approximate surface area is 97.7 Å². The molecule has 1 amide bonds. The molecule has 0 saturated carbocycles. The minimum Gasteiger partial charge on any atom is -0.373 e. The van der Waals surface area contributed by atoms with Gasteiger partial charge in [0.25, 0.3) is 5.91 Å². The number of carbonyl (C=O) groups is 1. The second-order valence-electron chi connectivity index (χ2n) is 3.00. The smallest absolute Gasteiger partial charge is 0.256 e. The molecule has 0 spiro atoms. The van der Waals surface area contributed by atoms with Crippen LogP contribution in [0.1, 0.15) is 6.92 Å². The third kappa shape index (κ3) is 3.27. The van der Waals surface area contributed by atoms with Crippen molar-refractivity contribution in [2.45, 2.75) is 13.0 Å². The fraction of sp³-hybridized carbons (Fsp3) is 0.222. The summed E-state index contributed by atoms with van der Waals surface area (Å²) in [6, 6.07) is 4.51. The molecule has 1 unspecified atom stereocenters. The second-order valence-corrected chi connectivity index (χ2v) is 3.84. The van der Waals surface area contributed by atoms with E-state index in [0.29, 0.717) is 15.7 Å². The van der Waals surface area contributed by atoms with E-state index in [4.69, 9.17) is 29.0 Å². The van der Waals surface area contributed by atoms with Crippen LogP contribution in [-0.2, 0) is 4.79 Å². The minimum atomic E-state index is -0.464. The number of anilines is 1. The van der Waals surface area contributed by atoms with Crippen molar-refractivity contribution in [3.63, 3.8) is 0 Å². The molecule has 1 aromatic carbocycles. The van der Waals surface area contributed by atoms with Gasteiger partial charge >= 0.3 is 0 Å². The fourth-order valence-electron chi connectivity index (χ4n) is 1.03. The van der Waals surface area contributed by atoms with Gasteiger partial charge in [0.15, 0.2) is 0 Å². The summed E-state index contributed by atoms with van der Waals surface area (Å²) in [5.41, 5.74) is 2.68. The third-order valence-corrected chi connectivity index (χ3v) is 2.39. The third-order valence-electron chi connectivity index (χ3n) is 1.84. The van der Waals surface area contributed by atoms with E-state index in [2.05, 4.69) is 5.32 Å². The molecule has 4 N–H and O–H groups in total. The molecule has 0 saturated heterocycles. The summed E-state index contributed by atoms with van der Waals surface area (Å²) in [4.78, 5) is 11.1. The Morgan fingerprint density at radius 2 is 2.13 bits per heavy atom. The van der Waals surface area contributed by atoms with Gasteiger partial charge in [0, 0.05) is 5.02 Å². The zero-order chi connectivity index (χ0) is 11.4. The van der Waals surface area contributed by atoms with Gasteiger partial charge in [0.2, 0.25) is 0 Å². The van der Waals surface area contributed by atoms with Crippen LogP contribution < -0.4 is 16.6 Å². The quantitative estimate of drug-likeness (QED) is 0.434. The Hall–Kier alpha value is -0.970. The van der Waals surface area contributed by atoms with Crippen molar-refractivity contribution in [1.29, 1.82) is 0 Å². The molecule has 82 valence electrons. The maximum atomic E-state index is 11.1. The molecule has 0 aromatic heterocycles. The SMILES string of the molecule is CC(Nc1ccc(Cl)cc1Cl)C(=O)NN. The Bertz CT molecular complexity index is 370. The summed E-state index contributed by atoms with van der Waals surface area (Å²) in [7, 11) is 0. The molecule has 1 aromatic rings. The summed E-state index contributed by atoms with van der Waals surface area (Å²) in [6.07, 6.45) is 0. The number of hydrogen-bond acceptors (Lipinski definition) is 3. The number of hydrogen-bond donors (Lipinski definition) is 3. The van der Waals surface area contributed by atoms with Gasteiger partial charge in [-0.1, -0.05) is 23.2 Å². The molecule has 0 bridgehead atoms. The van der Waals surface area contributed by atoms with Gasteiger partial charge in [-0.3, -0.25) is 10.2 Å². The molecule has 0 heterocycles. The monoisotopic (exact) mass is 247 g/mol. The topological polar surface area (TPSA) is 67.2 Å². The standard InChI is InChI=1S/C9H11Cl2N3O/c1-5(9(15)14-12)13-8-3-2-6(10)4-7(8)11/h2-5,13H,12H2,1H3,(H,14,15). The highest BCUT2D eigenvalue weighted by Crippen LogP contribution is 2.25. The van der Waals surface area contributed by atoms with Gasteiger partial charge in [0.1, 0.15) is 6.04 Å². The maximum absolute atomic E-state index is 11.1. The van der Waals surface area contributed by atoms with Crippen LogP contribution in [0.2, 0.25) is 10.0 Å². The van der Waals surface area contributed by atoms with Crippen molar-refractivity contribution in [2.24, 2.45) is 5.84 Å². The fourth-order valence-corrected chi connectivity index (χ4v) is 1.49. The van der Waals surface area contributed by atoms with Crippen LogP contribution in [0.3, 0.4) is 0 Å². The van der Waals surface area contributed by atoms with Crippen molar-refractivity contribution < 1.29 is 4.79 Å². The number of benzene rings is 1. The molecule has 1 atom stereocenters. The van der Waals surface area contributed by atoms with E-state index in [0.717, 1.165) is 0 Å². The van der Waals surface area contributed by atoms with Crippen molar-refractivity contribution in [3.8, 4) is 0 Å². The highest BCUT2D eigenvalue weighted by molar-refractivity contribution is 6.36. The molecule has 15 heavy (non-hydrogen) atoms. The first kappa shape index (κ1) is 12.1. The summed E-state index contributed by atoms with van der Waals surface area (Å²) in [6.45, 7) is 1.67. The second kappa shape index (κ2) is 5.21. The summed E-state index contributed by atoms with van der Waals surface area (Å²) >= 11 is 11.6. The lowest BCUT2D eigenvalue weighted by atomic mass is 10.2. The highest BCUT2D eigenvalue weighted by atomic mass is 35.5. The van der Waals surface area contributed by atoms with Gasteiger partial charge in [-0.2, -0.15) is 0 Å². The number of hydrazine groups is 1. The average Bonchev–Trinajstić information content (AvgIpc) is 2.20. The lowest BCUT2D eigenvalue weighted by Gasteiger charge is -2.14. The molecule has 0 aliphatic carbocycles. The Morgan fingerprint density at radius 1 is 1.47 bits per heavy atom. The molecule has 1 rings (SSSR count). The molecule has 0 aliphatic heterocycles. The molecule has 0 aliphatic rings. The first-order valence-electron chi connectivity index (χ1n) is 4.26. The summed E-state index contributed by atoms with van der Waals surface area (Å²) in [5.74, 6) is 4.68. The summed E-state index contributed by atoms with van der Waals surface area (Å²) < 4.78 is 0. The van der Waals surface area contributed by atoms with Gasteiger partial charge in [-0.05, 0) is 25.1 Å². The van der Waals surface area contributed by atoms with Crippen LogP contribution in [0.5, 0.6) is 0 Å². The van der Waals surface area contributed by atoms with E-state index in [1.807, 2.05) is 5.43 Å².